The van der Waals surface area contributed by atoms with Gasteiger partial charge < -0.3 is 9.47 Å². The van der Waals surface area contributed by atoms with Crippen molar-refractivity contribution in [2.24, 2.45) is 5.41 Å². The Kier molecular flexibility index (Phi) is 2.74. The number of rotatable bonds is 2. The van der Waals surface area contributed by atoms with Gasteiger partial charge in [0, 0.05) is 0 Å². The Hall–Kier alpha value is -1.32. The first-order valence-corrected chi connectivity index (χ1v) is 5.66. The highest BCUT2D eigenvalue weighted by atomic mass is 16.6. The van der Waals surface area contributed by atoms with E-state index in [2.05, 4.69) is 6.58 Å². The quantitative estimate of drug-likeness (QED) is 0.406. The second-order valence-corrected chi connectivity index (χ2v) is 4.39. The molecular weight excluding hydrogens is 208 g/mol. The lowest BCUT2D eigenvalue weighted by Gasteiger charge is -2.32. The maximum Gasteiger partial charge on any atom is 0.324 e. The smallest absolute Gasteiger partial charge is 0.324 e. The monoisotopic (exact) mass is 224 g/mol. The molecular formula is C12H16O4. The molecule has 16 heavy (non-hydrogen) atoms. The lowest BCUT2D eigenvalue weighted by molar-refractivity contribution is -0.180. The van der Waals surface area contributed by atoms with Crippen molar-refractivity contribution in [3.8, 4) is 0 Å². The Morgan fingerprint density at radius 1 is 1.62 bits per heavy atom. The number of ether oxygens (including phenoxy) is 2. The van der Waals surface area contributed by atoms with Crippen LogP contribution in [0.4, 0.5) is 0 Å². The van der Waals surface area contributed by atoms with Gasteiger partial charge in [-0.2, -0.15) is 0 Å². The van der Waals surface area contributed by atoms with Crippen LogP contribution in [0, 0.1) is 5.41 Å². The summed E-state index contributed by atoms with van der Waals surface area (Å²) in [4.78, 5) is 23.8. The van der Waals surface area contributed by atoms with Crippen LogP contribution < -0.4 is 0 Å². The minimum Gasteiger partial charge on any atom is -0.465 e. The predicted molar refractivity (Wildman–Crippen MR) is 56.6 cm³/mol. The van der Waals surface area contributed by atoms with Crippen LogP contribution in [0.15, 0.2) is 12.2 Å². The van der Waals surface area contributed by atoms with Gasteiger partial charge in [-0.05, 0) is 38.2 Å². The zero-order valence-electron chi connectivity index (χ0n) is 9.45. The molecule has 1 saturated carbocycles. The lowest BCUT2D eigenvalue weighted by atomic mass is 9.79. The molecule has 1 aliphatic carbocycles. The van der Waals surface area contributed by atoms with Crippen LogP contribution in [0.25, 0.3) is 0 Å². The summed E-state index contributed by atoms with van der Waals surface area (Å²) in [6.45, 7) is 5.92. The Morgan fingerprint density at radius 2 is 2.38 bits per heavy atom. The van der Waals surface area contributed by atoms with E-state index < -0.39 is 17.4 Å². The third-order valence-electron chi connectivity index (χ3n) is 3.47. The molecule has 88 valence electrons. The molecule has 0 N–H and O–H groups in total. The van der Waals surface area contributed by atoms with E-state index in [9.17, 15) is 9.59 Å². The van der Waals surface area contributed by atoms with Crippen LogP contribution in [-0.4, -0.2) is 24.6 Å². The number of carbonyl (C=O) groups is 2. The molecule has 4 nitrogen and oxygen atoms in total. The van der Waals surface area contributed by atoms with Gasteiger partial charge in [0.2, 0.25) is 0 Å². The number of fused-ring (bicyclic) bond motifs is 4. The average molecular weight is 224 g/mol. The van der Waals surface area contributed by atoms with E-state index in [0.717, 1.165) is 5.57 Å². The second-order valence-electron chi connectivity index (χ2n) is 4.39. The van der Waals surface area contributed by atoms with E-state index >= 15 is 0 Å². The normalized spacial score (nSPS) is 33.2. The first-order valence-electron chi connectivity index (χ1n) is 5.66. The van der Waals surface area contributed by atoms with E-state index in [1.165, 1.54) is 0 Å². The zero-order chi connectivity index (χ0) is 11.8. The van der Waals surface area contributed by atoms with Crippen molar-refractivity contribution >= 4 is 11.9 Å². The number of carbonyl (C=O) groups excluding carboxylic acids is 2. The summed E-state index contributed by atoms with van der Waals surface area (Å²) < 4.78 is 10.2. The zero-order valence-corrected chi connectivity index (χ0v) is 9.45. The minimum absolute atomic E-state index is 0.197. The lowest BCUT2D eigenvalue weighted by Crippen LogP contribution is -2.45. The van der Waals surface area contributed by atoms with Crippen LogP contribution in [0.1, 0.15) is 32.6 Å². The third-order valence-corrected chi connectivity index (χ3v) is 3.47. The molecule has 0 radical (unpaired) electrons. The topological polar surface area (TPSA) is 52.6 Å². The molecule has 0 aromatic heterocycles. The van der Waals surface area contributed by atoms with E-state index in [1.54, 1.807) is 6.92 Å². The van der Waals surface area contributed by atoms with E-state index in [1.807, 2.05) is 0 Å². The van der Waals surface area contributed by atoms with Crippen molar-refractivity contribution in [2.75, 3.05) is 6.61 Å². The van der Waals surface area contributed by atoms with Crippen LogP contribution in [0.5, 0.6) is 0 Å². The second kappa shape index (κ2) is 3.92. The molecule has 0 amide bonds. The third kappa shape index (κ3) is 1.52. The van der Waals surface area contributed by atoms with Crippen LogP contribution in [0.3, 0.4) is 0 Å². The van der Waals surface area contributed by atoms with Gasteiger partial charge in [-0.1, -0.05) is 6.58 Å². The van der Waals surface area contributed by atoms with Gasteiger partial charge in [-0.3, -0.25) is 9.59 Å². The van der Waals surface area contributed by atoms with Crippen molar-refractivity contribution in [1.82, 2.24) is 0 Å². The summed E-state index contributed by atoms with van der Waals surface area (Å²) in [5, 5.41) is 0. The maximum absolute atomic E-state index is 11.9. The van der Waals surface area contributed by atoms with E-state index in [0.29, 0.717) is 25.7 Å². The molecule has 0 unspecified atom stereocenters. The van der Waals surface area contributed by atoms with Gasteiger partial charge in [0.1, 0.15) is 6.10 Å². The van der Waals surface area contributed by atoms with E-state index in [4.69, 9.17) is 9.47 Å². The van der Waals surface area contributed by atoms with Gasteiger partial charge in [-0.25, -0.2) is 0 Å². The van der Waals surface area contributed by atoms with Crippen molar-refractivity contribution in [1.29, 1.82) is 0 Å². The highest BCUT2D eigenvalue weighted by molar-refractivity contribution is 6.00. The summed E-state index contributed by atoms with van der Waals surface area (Å²) in [6.07, 6.45) is 2.14. The molecule has 0 aromatic carbocycles. The largest absolute Gasteiger partial charge is 0.465 e. The predicted octanol–water partition coefficient (Wildman–Crippen LogP) is 1.59. The summed E-state index contributed by atoms with van der Waals surface area (Å²) in [5.41, 5.74) is -0.150. The van der Waals surface area contributed by atoms with Crippen LogP contribution in [0.2, 0.25) is 0 Å². The van der Waals surface area contributed by atoms with Gasteiger partial charge in [0.15, 0.2) is 5.41 Å². The number of hydrogen-bond acceptors (Lipinski definition) is 4. The SMILES string of the molecule is C=C1CC[C@]2(C(=O)OCC)CC[C@H]1OC2=O. The minimum atomic E-state index is -1.06. The molecule has 0 aromatic rings. The first-order chi connectivity index (χ1) is 7.60. The van der Waals surface area contributed by atoms with Gasteiger partial charge in [0.25, 0.3) is 0 Å². The van der Waals surface area contributed by atoms with Gasteiger partial charge >= 0.3 is 11.9 Å². The van der Waals surface area contributed by atoms with Crippen molar-refractivity contribution in [3.05, 3.63) is 12.2 Å². The molecule has 0 spiro atoms. The molecule has 3 fully saturated rings. The first kappa shape index (κ1) is 11.2. The van der Waals surface area contributed by atoms with Crippen molar-refractivity contribution in [2.45, 2.75) is 38.7 Å². The van der Waals surface area contributed by atoms with Crippen LogP contribution >= 0.6 is 0 Å². The van der Waals surface area contributed by atoms with Crippen molar-refractivity contribution < 1.29 is 19.1 Å². The fourth-order valence-electron chi connectivity index (χ4n) is 2.39. The van der Waals surface area contributed by atoms with Gasteiger partial charge in [0.05, 0.1) is 6.61 Å². The highest BCUT2D eigenvalue weighted by Gasteiger charge is 2.54. The molecule has 2 saturated heterocycles. The van der Waals surface area contributed by atoms with E-state index in [-0.39, 0.29) is 12.7 Å². The Labute approximate surface area is 94.6 Å². The Balaban J connectivity index is 2.28. The summed E-state index contributed by atoms with van der Waals surface area (Å²) in [7, 11) is 0. The average Bonchev–Trinajstić information content (AvgIpc) is 2.48. The molecule has 3 aliphatic rings. The molecule has 4 heteroatoms. The van der Waals surface area contributed by atoms with Crippen molar-refractivity contribution in [3.63, 3.8) is 0 Å². The fourth-order valence-corrected chi connectivity index (χ4v) is 2.39. The summed E-state index contributed by atoms with van der Waals surface area (Å²) >= 11 is 0. The van der Waals surface area contributed by atoms with Gasteiger partial charge in [-0.15, -0.1) is 0 Å². The highest BCUT2D eigenvalue weighted by Crippen LogP contribution is 2.44. The summed E-state index contributed by atoms with van der Waals surface area (Å²) in [5.74, 6) is -0.867. The Bertz CT molecular complexity index is 347. The molecule has 2 heterocycles. The molecule has 2 aliphatic heterocycles. The maximum atomic E-state index is 11.9. The Morgan fingerprint density at radius 3 is 3.00 bits per heavy atom. The van der Waals surface area contributed by atoms with Crippen LogP contribution in [-0.2, 0) is 19.1 Å². The molecule has 2 bridgehead atoms. The molecule has 3 rings (SSSR count). The number of esters is 2. The standard InChI is InChI=1S/C12H16O4/c1-3-15-10(13)12-6-4-8(2)9(5-7-12)16-11(12)14/h9H,2-7H2,1H3/t9-,12-/m1/s1. The number of hydrogen-bond donors (Lipinski definition) is 0. The summed E-state index contributed by atoms with van der Waals surface area (Å²) in [6, 6.07) is 0. The fraction of sp³-hybridized carbons (Fsp3) is 0.667. The molecule has 2 atom stereocenters.